The summed E-state index contributed by atoms with van der Waals surface area (Å²) in [6.07, 6.45) is 0.457. The quantitative estimate of drug-likeness (QED) is 0.107. The average Bonchev–Trinajstić information content (AvgIpc) is 3.70. The predicted octanol–water partition coefficient (Wildman–Crippen LogP) is 15.2. The van der Waals surface area contributed by atoms with E-state index in [4.69, 9.17) is 47.1 Å². The fourth-order valence-electron chi connectivity index (χ4n) is 8.68. The molecule has 2 heterocycles. The van der Waals surface area contributed by atoms with E-state index in [0.717, 1.165) is 99.0 Å². The van der Waals surface area contributed by atoms with Gasteiger partial charge in [-0.25, -0.2) is 0 Å². The van der Waals surface area contributed by atoms with Gasteiger partial charge in [-0.05, 0) is 156 Å². The summed E-state index contributed by atoms with van der Waals surface area (Å²) in [6, 6.07) is 57.5. The maximum Gasteiger partial charge on any atom is 0.252 e. The number of halogens is 5. The van der Waals surface area contributed by atoms with E-state index < -0.39 is 6.04 Å². The maximum atomic E-state index is 14.2. The Morgan fingerprint density at radius 3 is 1.40 bits per heavy atom. The highest BCUT2D eigenvalue weighted by atomic mass is 79.9. The van der Waals surface area contributed by atoms with Gasteiger partial charge in [-0.2, -0.15) is 0 Å². The van der Waals surface area contributed by atoms with Crippen molar-refractivity contribution >= 4 is 106 Å². The highest BCUT2D eigenvalue weighted by Gasteiger charge is 2.33. The molecule has 0 bridgehead atoms. The number of hydrogen-bond donors (Lipinski definition) is 0. The molecule has 2 amide bonds. The summed E-state index contributed by atoms with van der Waals surface area (Å²) in [5.74, 6) is 2.90. The Labute approximate surface area is 484 Å². The van der Waals surface area contributed by atoms with Crippen LogP contribution in [-0.4, -0.2) is 64.3 Å². The number of carbonyl (C=O) groups is 2. The Hall–Kier alpha value is -6.74. The van der Waals surface area contributed by atoms with E-state index in [2.05, 4.69) is 64.9 Å². The van der Waals surface area contributed by atoms with Crippen LogP contribution in [0.2, 0.25) is 10.0 Å². The lowest BCUT2D eigenvalue weighted by Gasteiger charge is -2.26. The third-order valence-corrected chi connectivity index (χ3v) is 14.7. The summed E-state index contributed by atoms with van der Waals surface area (Å²) in [5, 5.41) is 2.09. The van der Waals surface area contributed by atoms with Crippen LogP contribution in [-0.2, 0) is 34.4 Å². The monoisotopic (exact) mass is 1260 g/mol. The van der Waals surface area contributed by atoms with E-state index in [1.165, 1.54) is 5.56 Å². The summed E-state index contributed by atoms with van der Waals surface area (Å²) in [6.45, 7) is 0.880. The molecule has 1 atom stereocenters. The highest BCUT2D eigenvalue weighted by Crippen LogP contribution is 2.35. The van der Waals surface area contributed by atoms with Gasteiger partial charge in [0.2, 0.25) is 5.91 Å². The van der Waals surface area contributed by atoms with Crippen molar-refractivity contribution in [3.8, 4) is 23.0 Å². The van der Waals surface area contributed by atoms with Crippen molar-refractivity contribution in [3.63, 3.8) is 0 Å². The van der Waals surface area contributed by atoms with E-state index in [0.29, 0.717) is 29.6 Å². The molecule has 0 saturated carbocycles. The molecule has 8 aromatic carbocycles. The lowest BCUT2D eigenvalue weighted by Crippen LogP contribution is -2.38. The number of aliphatic imine (C=N–C) groups is 2. The van der Waals surface area contributed by atoms with Crippen LogP contribution < -0.4 is 28.7 Å². The number of fused-ring (bicyclic) bond motifs is 2. The smallest absolute Gasteiger partial charge is 0.252 e. The minimum Gasteiger partial charge on any atom is -0.497 e. The largest absolute Gasteiger partial charge is 0.497 e. The van der Waals surface area contributed by atoms with E-state index in [-0.39, 0.29) is 18.4 Å². The van der Waals surface area contributed by atoms with Crippen LogP contribution in [0.4, 0.5) is 11.4 Å². The van der Waals surface area contributed by atoms with Gasteiger partial charge in [0.1, 0.15) is 35.6 Å². The van der Waals surface area contributed by atoms with Gasteiger partial charge in [0.25, 0.3) is 5.91 Å². The van der Waals surface area contributed by atoms with Gasteiger partial charge in [0.15, 0.2) is 0 Å². The molecule has 0 N–H and O–H groups in total. The van der Waals surface area contributed by atoms with Crippen LogP contribution in [0.1, 0.15) is 44.5 Å². The first-order chi connectivity index (χ1) is 37.4. The molecule has 0 fully saturated rings. The van der Waals surface area contributed by atoms with Crippen LogP contribution in [0.25, 0.3) is 0 Å². The molecule has 1 unspecified atom stereocenters. The zero-order valence-electron chi connectivity index (χ0n) is 42.6. The summed E-state index contributed by atoms with van der Waals surface area (Å²) >= 11 is 23.1. The number of benzene rings is 8. The number of methoxy groups -OCH3 is 4. The van der Waals surface area contributed by atoms with Crippen molar-refractivity contribution in [2.45, 2.75) is 30.9 Å². The Bertz CT molecular complexity index is 3400. The molecular formula is C62H53Br3Cl2N4O6. The minimum absolute atomic E-state index is 0.0593. The molecule has 10 nitrogen and oxygen atoms in total. The van der Waals surface area contributed by atoms with Crippen LogP contribution in [0.5, 0.6) is 23.0 Å². The number of anilines is 2. The number of rotatable bonds is 13. The van der Waals surface area contributed by atoms with Gasteiger partial charge >= 0.3 is 0 Å². The zero-order valence-corrected chi connectivity index (χ0v) is 48.8. The van der Waals surface area contributed by atoms with Crippen LogP contribution in [0.15, 0.2) is 201 Å². The molecule has 15 heteroatoms. The Morgan fingerprint density at radius 2 is 0.935 bits per heavy atom. The van der Waals surface area contributed by atoms with E-state index in [9.17, 15) is 9.59 Å². The number of amides is 2. The molecule has 392 valence electrons. The number of nitrogens with zero attached hydrogens (tertiary/aromatic N) is 4. The highest BCUT2D eigenvalue weighted by molar-refractivity contribution is 9.10. The second kappa shape index (κ2) is 27.0. The zero-order chi connectivity index (χ0) is 54.4. The first kappa shape index (κ1) is 56.5. The Morgan fingerprint density at radius 1 is 0.506 bits per heavy atom. The molecule has 8 aromatic rings. The molecule has 0 aliphatic carbocycles. The minimum atomic E-state index is -0.633. The SMILES string of the molecule is BrCc1cccc(Br)c1.COc1ccc(CN2C(=O)C(Cc3cccc(Br)c3)N=C(c3ccc(OC)cc3)c3cc(Cl)ccc32)cc1.COc1ccc(CN2C(=O)CN=C(c3ccc(OC)cc3)c3cc(Cl)ccc32)cc1. The third-order valence-electron chi connectivity index (χ3n) is 12.6. The first-order valence-corrected chi connectivity index (χ1v) is 27.8. The van der Waals surface area contributed by atoms with Crippen molar-refractivity contribution in [2.75, 3.05) is 44.8 Å². The number of hydrogen-bond acceptors (Lipinski definition) is 8. The topological polar surface area (TPSA) is 102 Å². The number of alkyl halides is 1. The number of benzodiazepines with no additional fused rings is 2. The molecule has 2 aliphatic heterocycles. The van der Waals surface area contributed by atoms with Gasteiger partial charge in [-0.15, -0.1) is 0 Å². The summed E-state index contributed by atoms with van der Waals surface area (Å²) in [7, 11) is 6.53. The predicted molar refractivity (Wildman–Crippen MR) is 322 cm³/mol. The number of ether oxygens (including phenoxy) is 4. The van der Waals surface area contributed by atoms with Crippen LogP contribution in [0, 0.1) is 0 Å². The van der Waals surface area contributed by atoms with Crippen molar-refractivity contribution in [1.29, 1.82) is 0 Å². The lowest BCUT2D eigenvalue weighted by atomic mass is 9.99. The summed E-state index contributed by atoms with van der Waals surface area (Å²) < 4.78 is 23.3. The van der Waals surface area contributed by atoms with E-state index in [1.54, 1.807) is 39.4 Å². The molecular weight excluding hydrogens is 1210 g/mol. The first-order valence-electron chi connectivity index (χ1n) is 24.3. The second-order valence-electron chi connectivity index (χ2n) is 17.6. The average molecular weight is 1260 g/mol. The van der Waals surface area contributed by atoms with Gasteiger partial charge in [-0.1, -0.05) is 120 Å². The molecule has 0 aromatic heterocycles. The van der Waals surface area contributed by atoms with Gasteiger partial charge in [0.05, 0.1) is 64.3 Å². The van der Waals surface area contributed by atoms with Crippen LogP contribution in [0.3, 0.4) is 0 Å². The molecule has 10 rings (SSSR count). The summed E-state index contributed by atoms with van der Waals surface area (Å²) in [5.41, 5.74) is 10.7. The Balaban J connectivity index is 0.000000178. The van der Waals surface area contributed by atoms with Crippen molar-refractivity contribution in [1.82, 2.24) is 0 Å². The normalized spacial score (nSPS) is 13.7. The maximum absolute atomic E-state index is 14.2. The molecule has 0 radical (unpaired) electrons. The number of carbonyl (C=O) groups excluding carboxylic acids is 2. The molecule has 0 spiro atoms. The fourth-order valence-corrected chi connectivity index (χ4v) is 10.3. The fraction of sp³-hybridized carbons (Fsp3) is 0.161. The van der Waals surface area contributed by atoms with E-state index >= 15 is 0 Å². The van der Waals surface area contributed by atoms with Gasteiger partial charge in [0, 0.05) is 53.0 Å². The van der Waals surface area contributed by atoms with Crippen molar-refractivity contribution in [3.05, 3.63) is 245 Å². The molecule has 0 saturated heterocycles. The van der Waals surface area contributed by atoms with Gasteiger partial charge < -0.3 is 28.7 Å². The summed E-state index contributed by atoms with van der Waals surface area (Å²) in [4.78, 5) is 40.5. The molecule has 2 aliphatic rings. The van der Waals surface area contributed by atoms with Crippen LogP contribution >= 0.6 is 71.0 Å². The lowest BCUT2D eigenvalue weighted by molar-refractivity contribution is -0.120. The second-order valence-corrected chi connectivity index (χ2v) is 20.9. The third kappa shape index (κ3) is 14.6. The van der Waals surface area contributed by atoms with Crippen molar-refractivity contribution < 1.29 is 28.5 Å². The van der Waals surface area contributed by atoms with Crippen molar-refractivity contribution in [2.24, 2.45) is 9.98 Å². The Kier molecular flexibility index (Phi) is 19.8. The van der Waals surface area contributed by atoms with Gasteiger partial charge in [-0.3, -0.25) is 19.6 Å². The van der Waals surface area contributed by atoms with E-state index in [1.807, 2.05) is 169 Å². The molecule has 77 heavy (non-hydrogen) atoms. The standard InChI is InChI=1S/C31H26BrClN2O3.C24H21ClN2O3.C7H6Br2/c1-37-25-11-6-20(7-12-25)19-35-29-15-10-24(33)18-27(29)30(22-8-13-26(38-2)14-9-22)34-28(31(35)36)17-21-4-3-5-23(32)16-21;1-29-19-8-3-16(4-9-19)15-27-22-12-7-18(25)13-21(22)24(26-14-23(27)28)17-5-10-20(30-2)11-6-17;8-5-6-2-1-3-7(9)4-6/h3-16,18,28H,17,19H2,1-2H3;3-13H,14-15H2,1-2H3;1-4H,5H2.